The van der Waals surface area contributed by atoms with E-state index in [9.17, 15) is 9.59 Å². The molecule has 1 saturated carbocycles. The average molecular weight is 237 g/mol. The van der Waals surface area contributed by atoms with Gasteiger partial charge in [-0.15, -0.1) is 11.3 Å². The highest BCUT2D eigenvalue weighted by Gasteiger charge is 2.22. The fourth-order valence-electron chi connectivity index (χ4n) is 1.98. The molecule has 1 heterocycles. The van der Waals surface area contributed by atoms with Crippen LogP contribution in [0.5, 0.6) is 0 Å². The van der Waals surface area contributed by atoms with Crippen molar-refractivity contribution in [1.29, 1.82) is 0 Å². The van der Waals surface area contributed by atoms with Gasteiger partial charge in [0, 0.05) is 18.9 Å². The van der Waals surface area contributed by atoms with Gasteiger partial charge in [0.2, 0.25) is 0 Å². The van der Waals surface area contributed by atoms with Crippen LogP contribution in [0.4, 0.5) is 0 Å². The number of nitrogens with one attached hydrogen (secondary N) is 1. The molecule has 1 unspecified atom stereocenters. The first kappa shape index (κ1) is 11.3. The maximum absolute atomic E-state index is 11.6. The molecule has 3 nitrogen and oxygen atoms in total. The molecule has 1 aliphatic rings. The number of Topliss-reactive ketones (excluding diaryl/α,β-unsaturated/α-hetero) is 1. The Morgan fingerprint density at radius 1 is 1.50 bits per heavy atom. The van der Waals surface area contributed by atoms with Crippen molar-refractivity contribution < 1.29 is 9.59 Å². The van der Waals surface area contributed by atoms with Crippen LogP contribution in [0.2, 0.25) is 0 Å². The van der Waals surface area contributed by atoms with Gasteiger partial charge in [0.1, 0.15) is 5.78 Å². The maximum Gasteiger partial charge on any atom is 0.261 e. The normalized spacial score (nSPS) is 20.8. The van der Waals surface area contributed by atoms with Gasteiger partial charge in [0.15, 0.2) is 0 Å². The van der Waals surface area contributed by atoms with Gasteiger partial charge in [0.25, 0.3) is 5.91 Å². The topological polar surface area (TPSA) is 46.2 Å². The van der Waals surface area contributed by atoms with E-state index >= 15 is 0 Å². The van der Waals surface area contributed by atoms with E-state index in [0.717, 1.165) is 19.3 Å². The van der Waals surface area contributed by atoms with Crippen LogP contribution in [-0.4, -0.2) is 18.2 Å². The molecule has 0 bridgehead atoms. The molecule has 1 fully saturated rings. The Hall–Kier alpha value is -1.16. The smallest absolute Gasteiger partial charge is 0.261 e. The Kier molecular flexibility index (Phi) is 3.72. The monoisotopic (exact) mass is 237 g/mol. The van der Waals surface area contributed by atoms with E-state index in [4.69, 9.17) is 0 Å². The highest BCUT2D eigenvalue weighted by atomic mass is 32.1. The molecule has 1 aromatic heterocycles. The molecule has 16 heavy (non-hydrogen) atoms. The number of carbonyl (C=O) groups excluding carboxylic acids is 2. The van der Waals surface area contributed by atoms with Crippen molar-refractivity contribution in [1.82, 2.24) is 5.32 Å². The second-order valence-electron chi connectivity index (χ2n) is 4.10. The SMILES string of the molecule is O=C(NCC1CCCCC1=O)c1cccs1. The van der Waals surface area contributed by atoms with Crippen molar-refractivity contribution in [2.24, 2.45) is 5.92 Å². The fraction of sp³-hybridized carbons (Fsp3) is 0.500. The molecule has 0 saturated heterocycles. The molecule has 4 heteroatoms. The molecule has 2 rings (SSSR count). The van der Waals surface area contributed by atoms with Crippen molar-refractivity contribution in [3.8, 4) is 0 Å². The van der Waals surface area contributed by atoms with Crippen LogP contribution in [-0.2, 0) is 4.79 Å². The highest BCUT2D eigenvalue weighted by molar-refractivity contribution is 7.12. The Morgan fingerprint density at radius 2 is 2.38 bits per heavy atom. The lowest BCUT2D eigenvalue weighted by molar-refractivity contribution is -0.124. The average Bonchev–Trinajstić information content (AvgIpc) is 2.81. The summed E-state index contributed by atoms with van der Waals surface area (Å²) >= 11 is 1.42. The van der Waals surface area contributed by atoms with Gasteiger partial charge < -0.3 is 5.32 Å². The molecular formula is C12H15NO2S. The molecule has 0 aliphatic heterocycles. The molecule has 1 aliphatic carbocycles. The maximum atomic E-state index is 11.6. The molecule has 0 spiro atoms. The van der Waals surface area contributed by atoms with Gasteiger partial charge in [0.05, 0.1) is 4.88 Å². The Morgan fingerprint density at radius 3 is 3.06 bits per heavy atom. The third-order valence-electron chi connectivity index (χ3n) is 2.94. The van der Waals surface area contributed by atoms with E-state index < -0.39 is 0 Å². The van der Waals surface area contributed by atoms with E-state index in [1.165, 1.54) is 11.3 Å². The zero-order valence-corrected chi connectivity index (χ0v) is 9.89. The van der Waals surface area contributed by atoms with Gasteiger partial charge in [-0.3, -0.25) is 9.59 Å². The number of carbonyl (C=O) groups is 2. The lowest BCUT2D eigenvalue weighted by Crippen LogP contribution is -2.34. The van der Waals surface area contributed by atoms with Crippen molar-refractivity contribution in [2.45, 2.75) is 25.7 Å². The van der Waals surface area contributed by atoms with Crippen molar-refractivity contribution in [3.63, 3.8) is 0 Å². The number of rotatable bonds is 3. The van der Waals surface area contributed by atoms with E-state index in [1.807, 2.05) is 11.4 Å². The van der Waals surface area contributed by atoms with Crippen LogP contribution in [0.15, 0.2) is 17.5 Å². The number of ketones is 1. The van der Waals surface area contributed by atoms with Gasteiger partial charge in [-0.1, -0.05) is 12.5 Å². The minimum Gasteiger partial charge on any atom is -0.351 e. The summed E-state index contributed by atoms with van der Waals surface area (Å²) in [6, 6.07) is 3.65. The van der Waals surface area contributed by atoms with Crippen molar-refractivity contribution in [2.75, 3.05) is 6.54 Å². The molecule has 1 N–H and O–H groups in total. The minimum absolute atomic E-state index is 0.0395. The number of thiophene rings is 1. The summed E-state index contributed by atoms with van der Waals surface area (Å²) in [5, 5.41) is 4.71. The molecule has 0 radical (unpaired) electrons. The van der Waals surface area contributed by atoms with Crippen LogP contribution in [0.25, 0.3) is 0 Å². The number of amides is 1. The van der Waals surface area contributed by atoms with Crippen LogP contribution in [0.3, 0.4) is 0 Å². The molecule has 86 valence electrons. The fourth-order valence-corrected chi connectivity index (χ4v) is 2.62. The zero-order valence-electron chi connectivity index (χ0n) is 9.07. The first-order valence-electron chi connectivity index (χ1n) is 5.62. The summed E-state index contributed by atoms with van der Waals surface area (Å²) in [4.78, 5) is 23.9. The summed E-state index contributed by atoms with van der Waals surface area (Å²) in [7, 11) is 0. The predicted octanol–water partition coefficient (Wildman–Crippen LogP) is 2.24. The van der Waals surface area contributed by atoms with Crippen LogP contribution in [0.1, 0.15) is 35.4 Å². The molecule has 0 aromatic carbocycles. The van der Waals surface area contributed by atoms with E-state index in [0.29, 0.717) is 23.6 Å². The standard InChI is InChI=1S/C12H15NO2S/c14-10-5-2-1-4-9(10)8-13-12(15)11-6-3-7-16-11/h3,6-7,9H,1-2,4-5,8H2,(H,13,15). The second-order valence-corrected chi connectivity index (χ2v) is 5.04. The summed E-state index contributed by atoms with van der Waals surface area (Å²) in [5.74, 6) is 0.281. The Bertz CT molecular complexity index is 372. The van der Waals surface area contributed by atoms with Crippen LogP contribution < -0.4 is 5.32 Å². The Balaban J connectivity index is 1.83. The Labute approximate surface area is 98.9 Å². The third-order valence-corrected chi connectivity index (χ3v) is 3.80. The molecule has 1 atom stereocenters. The quantitative estimate of drug-likeness (QED) is 0.876. The second kappa shape index (κ2) is 5.25. The molecule has 1 amide bonds. The van der Waals surface area contributed by atoms with E-state index in [2.05, 4.69) is 5.32 Å². The summed E-state index contributed by atoms with van der Waals surface area (Å²) < 4.78 is 0. The molecule has 1 aromatic rings. The number of hydrogen-bond acceptors (Lipinski definition) is 3. The minimum atomic E-state index is -0.0617. The first-order chi connectivity index (χ1) is 7.77. The van der Waals surface area contributed by atoms with Gasteiger partial charge in [-0.25, -0.2) is 0 Å². The van der Waals surface area contributed by atoms with Gasteiger partial charge in [-0.2, -0.15) is 0 Å². The zero-order chi connectivity index (χ0) is 11.4. The van der Waals surface area contributed by atoms with Crippen molar-refractivity contribution in [3.05, 3.63) is 22.4 Å². The predicted molar refractivity (Wildman–Crippen MR) is 63.6 cm³/mol. The van der Waals surface area contributed by atoms with Crippen LogP contribution in [0, 0.1) is 5.92 Å². The van der Waals surface area contributed by atoms with E-state index in [-0.39, 0.29) is 11.8 Å². The van der Waals surface area contributed by atoms with Gasteiger partial charge >= 0.3 is 0 Å². The lowest BCUT2D eigenvalue weighted by atomic mass is 9.88. The largest absolute Gasteiger partial charge is 0.351 e. The summed E-state index contributed by atoms with van der Waals surface area (Å²) in [6.45, 7) is 0.496. The highest BCUT2D eigenvalue weighted by Crippen LogP contribution is 2.20. The summed E-state index contributed by atoms with van der Waals surface area (Å²) in [5.41, 5.74) is 0. The molecular weight excluding hydrogens is 222 g/mol. The number of hydrogen-bond donors (Lipinski definition) is 1. The van der Waals surface area contributed by atoms with Crippen LogP contribution >= 0.6 is 11.3 Å². The van der Waals surface area contributed by atoms with Gasteiger partial charge in [-0.05, 0) is 24.3 Å². The third kappa shape index (κ3) is 2.70. The van der Waals surface area contributed by atoms with Crippen molar-refractivity contribution >= 4 is 23.0 Å². The summed E-state index contributed by atoms with van der Waals surface area (Å²) in [6.07, 6.45) is 3.71. The lowest BCUT2D eigenvalue weighted by Gasteiger charge is -2.20. The van der Waals surface area contributed by atoms with E-state index in [1.54, 1.807) is 6.07 Å². The first-order valence-corrected chi connectivity index (χ1v) is 6.50.